The van der Waals surface area contributed by atoms with Gasteiger partial charge in [-0.25, -0.2) is 0 Å². The quantitative estimate of drug-likeness (QED) is 0.736. The van der Waals surface area contributed by atoms with Gasteiger partial charge in [0.05, 0.1) is 13.2 Å². The summed E-state index contributed by atoms with van der Waals surface area (Å²) in [7, 11) is 3.16. The zero-order valence-electron chi connectivity index (χ0n) is 11.2. The van der Waals surface area contributed by atoms with Crippen molar-refractivity contribution in [1.82, 2.24) is 10.6 Å². The molecule has 0 aliphatic carbocycles. The molecule has 0 spiro atoms. The minimum absolute atomic E-state index is 0.0933. The Labute approximate surface area is 107 Å². The third-order valence-electron chi connectivity index (χ3n) is 2.84. The number of phenols is 1. The molecule has 0 aliphatic rings. The largest absolute Gasteiger partial charge is 0.508 e. The van der Waals surface area contributed by atoms with Crippen molar-refractivity contribution in [2.75, 3.05) is 14.2 Å². The maximum absolute atomic E-state index is 11.4. The molecule has 0 saturated carbocycles. The first-order valence-corrected chi connectivity index (χ1v) is 5.84. The highest BCUT2D eigenvalue weighted by Gasteiger charge is 2.17. The number of amides is 1. The van der Waals surface area contributed by atoms with E-state index in [1.54, 1.807) is 39.3 Å². The molecule has 3 N–H and O–H groups in total. The molecule has 1 aromatic rings. The Bertz CT molecular complexity index is 421. The lowest BCUT2D eigenvalue weighted by molar-refractivity contribution is -0.122. The molecule has 0 radical (unpaired) electrons. The van der Waals surface area contributed by atoms with Crippen molar-refractivity contribution in [3.05, 3.63) is 23.8 Å². The van der Waals surface area contributed by atoms with Gasteiger partial charge in [-0.1, -0.05) is 0 Å². The Morgan fingerprint density at radius 2 is 2.06 bits per heavy atom. The molecule has 5 nitrogen and oxygen atoms in total. The number of likely N-dealkylation sites (N-methyl/N-ethyl adjacent to an activating group) is 1. The van der Waals surface area contributed by atoms with Gasteiger partial charge in [0.15, 0.2) is 0 Å². The molecule has 0 aliphatic heterocycles. The summed E-state index contributed by atoms with van der Waals surface area (Å²) < 4.78 is 5.12. The van der Waals surface area contributed by atoms with Gasteiger partial charge in [0.1, 0.15) is 11.5 Å². The SMILES string of the molecule is CNC(=O)C(C)NC(C)c1cc(OC)ccc1O. The first kappa shape index (κ1) is 14.3. The lowest BCUT2D eigenvalue weighted by Gasteiger charge is -2.20. The summed E-state index contributed by atoms with van der Waals surface area (Å²) in [5, 5.41) is 15.5. The Kier molecular flexibility index (Phi) is 4.97. The molecule has 1 amide bonds. The van der Waals surface area contributed by atoms with Crippen LogP contribution in [0, 0.1) is 0 Å². The van der Waals surface area contributed by atoms with Crippen molar-refractivity contribution in [3.63, 3.8) is 0 Å². The first-order chi connectivity index (χ1) is 8.49. The third-order valence-corrected chi connectivity index (χ3v) is 2.84. The number of benzene rings is 1. The van der Waals surface area contributed by atoms with Crippen LogP contribution in [-0.2, 0) is 4.79 Å². The smallest absolute Gasteiger partial charge is 0.236 e. The van der Waals surface area contributed by atoms with Crippen molar-refractivity contribution in [1.29, 1.82) is 0 Å². The van der Waals surface area contributed by atoms with Crippen molar-refractivity contribution >= 4 is 5.91 Å². The monoisotopic (exact) mass is 252 g/mol. The number of phenolic OH excluding ortho intramolecular Hbond substituents is 1. The van der Waals surface area contributed by atoms with Crippen LogP contribution in [-0.4, -0.2) is 31.2 Å². The zero-order valence-corrected chi connectivity index (χ0v) is 11.2. The number of hydrogen-bond donors (Lipinski definition) is 3. The lowest BCUT2D eigenvalue weighted by atomic mass is 10.1. The molecule has 0 saturated heterocycles. The van der Waals surface area contributed by atoms with Crippen molar-refractivity contribution in [2.45, 2.75) is 25.9 Å². The highest BCUT2D eigenvalue weighted by molar-refractivity contribution is 5.81. The van der Waals surface area contributed by atoms with Crippen LogP contribution in [0.5, 0.6) is 11.5 Å². The summed E-state index contributed by atoms with van der Waals surface area (Å²) in [6.07, 6.45) is 0. The molecule has 0 heterocycles. The van der Waals surface area contributed by atoms with Crippen LogP contribution in [0.3, 0.4) is 0 Å². The van der Waals surface area contributed by atoms with Gasteiger partial charge in [-0.3, -0.25) is 10.1 Å². The fourth-order valence-corrected chi connectivity index (χ4v) is 1.76. The van der Waals surface area contributed by atoms with Gasteiger partial charge in [0, 0.05) is 18.7 Å². The number of carbonyl (C=O) groups is 1. The Morgan fingerprint density at radius 1 is 1.39 bits per heavy atom. The van der Waals surface area contributed by atoms with Gasteiger partial charge < -0.3 is 15.2 Å². The number of nitrogens with one attached hydrogen (secondary N) is 2. The van der Waals surface area contributed by atoms with Gasteiger partial charge >= 0.3 is 0 Å². The predicted octanol–water partition coefficient (Wildman–Crippen LogP) is 1.19. The number of ether oxygens (including phenoxy) is 1. The Morgan fingerprint density at radius 3 is 2.61 bits per heavy atom. The van der Waals surface area contributed by atoms with E-state index in [-0.39, 0.29) is 23.7 Å². The zero-order chi connectivity index (χ0) is 13.7. The van der Waals surface area contributed by atoms with Crippen LogP contribution in [0.4, 0.5) is 0 Å². The molecule has 2 atom stereocenters. The normalized spacial score (nSPS) is 13.8. The second kappa shape index (κ2) is 6.26. The molecule has 100 valence electrons. The minimum Gasteiger partial charge on any atom is -0.508 e. The molecular formula is C13H20N2O3. The van der Waals surface area contributed by atoms with E-state index in [0.717, 1.165) is 0 Å². The first-order valence-electron chi connectivity index (χ1n) is 5.84. The molecule has 0 fully saturated rings. The van der Waals surface area contributed by atoms with Gasteiger partial charge in [-0.2, -0.15) is 0 Å². The summed E-state index contributed by atoms with van der Waals surface area (Å²) in [5.41, 5.74) is 0.699. The number of rotatable bonds is 5. The van der Waals surface area contributed by atoms with Crippen LogP contribution in [0.15, 0.2) is 18.2 Å². The molecule has 1 aromatic carbocycles. The van der Waals surface area contributed by atoms with E-state index in [0.29, 0.717) is 11.3 Å². The van der Waals surface area contributed by atoms with Crippen molar-refractivity contribution in [3.8, 4) is 11.5 Å². The van der Waals surface area contributed by atoms with Gasteiger partial charge in [0.2, 0.25) is 5.91 Å². The molecular weight excluding hydrogens is 232 g/mol. The summed E-state index contributed by atoms with van der Waals surface area (Å²) in [4.78, 5) is 11.4. The van der Waals surface area contributed by atoms with Crippen LogP contribution in [0.25, 0.3) is 0 Å². The van der Waals surface area contributed by atoms with E-state index < -0.39 is 0 Å². The van der Waals surface area contributed by atoms with Crippen LogP contribution >= 0.6 is 0 Å². The second-order valence-corrected chi connectivity index (χ2v) is 4.15. The summed E-state index contributed by atoms with van der Waals surface area (Å²) in [6.45, 7) is 3.65. The maximum Gasteiger partial charge on any atom is 0.236 e. The number of carbonyl (C=O) groups excluding carboxylic acids is 1. The van der Waals surface area contributed by atoms with Crippen LogP contribution in [0.2, 0.25) is 0 Å². The highest BCUT2D eigenvalue weighted by Crippen LogP contribution is 2.28. The summed E-state index contributed by atoms with van der Waals surface area (Å²) in [5.74, 6) is 0.758. The molecule has 5 heteroatoms. The summed E-state index contributed by atoms with van der Waals surface area (Å²) in [6, 6.07) is 4.52. The van der Waals surface area contributed by atoms with E-state index in [9.17, 15) is 9.90 Å². The van der Waals surface area contributed by atoms with Gasteiger partial charge in [0.25, 0.3) is 0 Å². The third kappa shape index (κ3) is 3.37. The Hall–Kier alpha value is -1.75. The van der Waals surface area contributed by atoms with E-state index >= 15 is 0 Å². The molecule has 0 aromatic heterocycles. The van der Waals surface area contributed by atoms with Crippen LogP contribution in [0.1, 0.15) is 25.5 Å². The minimum atomic E-state index is -0.337. The number of aromatic hydroxyl groups is 1. The standard InChI is InChI=1S/C13H20N2O3/c1-8(15-9(2)13(17)14-3)11-7-10(18-4)5-6-12(11)16/h5-9,15-16H,1-4H3,(H,14,17). The predicted molar refractivity (Wildman–Crippen MR) is 69.7 cm³/mol. The molecule has 0 bridgehead atoms. The van der Waals surface area contributed by atoms with E-state index in [2.05, 4.69) is 10.6 Å². The average Bonchev–Trinajstić information content (AvgIpc) is 2.38. The topological polar surface area (TPSA) is 70.6 Å². The second-order valence-electron chi connectivity index (χ2n) is 4.15. The maximum atomic E-state index is 11.4. The lowest BCUT2D eigenvalue weighted by Crippen LogP contribution is -2.41. The van der Waals surface area contributed by atoms with E-state index in [4.69, 9.17) is 4.74 Å². The molecule has 1 rings (SSSR count). The Balaban J connectivity index is 2.83. The number of methoxy groups -OCH3 is 1. The highest BCUT2D eigenvalue weighted by atomic mass is 16.5. The fourth-order valence-electron chi connectivity index (χ4n) is 1.76. The van der Waals surface area contributed by atoms with Crippen molar-refractivity contribution < 1.29 is 14.6 Å². The molecule has 18 heavy (non-hydrogen) atoms. The average molecular weight is 252 g/mol. The summed E-state index contributed by atoms with van der Waals surface area (Å²) >= 11 is 0. The van der Waals surface area contributed by atoms with Gasteiger partial charge in [-0.05, 0) is 32.0 Å². The van der Waals surface area contributed by atoms with Crippen molar-refractivity contribution in [2.24, 2.45) is 0 Å². The number of hydrogen-bond acceptors (Lipinski definition) is 4. The fraction of sp³-hybridized carbons (Fsp3) is 0.462. The van der Waals surface area contributed by atoms with Gasteiger partial charge in [-0.15, -0.1) is 0 Å². The van der Waals surface area contributed by atoms with E-state index in [1.165, 1.54) is 0 Å². The van der Waals surface area contributed by atoms with Crippen LogP contribution < -0.4 is 15.4 Å². The molecule has 2 unspecified atom stereocenters. The van der Waals surface area contributed by atoms with E-state index in [1.807, 2.05) is 6.92 Å².